The number of benzene rings is 6. The van der Waals surface area contributed by atoms with Crippen molar-refractivity contribution in [3.8, 4) is 45.2 Å². The van der Waals surface area contributed by atoms with Gasteiger partial charge in [-0.2, -0.15) is 0 Å². The van der Waals surface area contributed by atoms with Crippen molar-refractivity contribution in [1.82, 2.24) is 15.0 Å². The molecular weight excluding hydrogens is 567 g/mol. The second kappa shape index (κ2) is 10.5. The SMILES string of the molecule is c1ccc(-c2cc(-c3ccccc3)nc(-c3ccc4c(c3)sc3c4ccc4c(-c5ccccc5)nc5ccccc5c43)n2)cc1. The van der Waals surface area contributed by atoms with E-state index in [4.69, 9.17) is 15.0 Å². The molecule has 0 fully saturated rings. The summed E-state index contributed by atoms with van der Waals surface area (Å²) in [6, 6.07) is 52.9. The van der Waals surface area contributed by atoms with E-state index in [0.717, 1.165) is 50.7 Å². The second-order valence-corrected chi connectivity index (χ2v) is 12.3. The number of nitrogens with zero attached hydrogens (tertiary/aromatic N) is 3. The molecular formula is C41H25N3S. The minimum Gasteiger partial charge on any atom is -0.247 e. The van der Waals surface area contributed by atoms with Gasteiger partial charge in [0.1, 0.15) is 0 Å². The van der Waals surface area contributed by atoms with Crippen molar-refractivity contribution >= 4 is 53.2 Å². The van der Waals surface area contributed by atoms with Crippen molar-refractivity contribution in [3.05, 3.63) is 152 Å². The number of hydrogen-bond acceptors (Lipinski definition) is 4. The van der Waals surface area contributed by atoms with Gasteiger partial charge in [-0.05, 0) is 18.2 Å². The molecule has 45 heavy (non-hydrogen) atoms. The van der Waals surface area contributed by atoms with E-state index in [2.05, 4.69) is 140 Å². The molecule has 0 bridgehead atoms. The van der Waals surface area contributed by atoms with E-state index in [9.17, 15) is 0 Å². The van der Waals surface area contributed by atoms with Crippen LogP contribution in [-0.2, 0) is 0 Å². The van der Waals surface area contributed by atoms with Crippen molar-refractivity contribution in [1.29, 1.82) is 0 Å². The number of fused-ring (bicyclic) bond motifs is 7. The van der Waals surface area contributed by atoms with E-state index in [0.29, 0.717) is 0 Å². The Balaban J connectivity index is 1.28. The highest BCUT2D eigenvalue weighted by Crippen LogP contribution is 2.44. The molecule has 4 heteroatoms. The maximum Gasteiger partial charge on any atom is 0.160 e. The Morgan fingerprint density at radius 1 is 0.400 bits per heavy atom. The van der Waals surface area contributed by atoms with Gasteiger partial charge in [-0.25, -0.2) is 15.0 Å². The van der Waals surface area contributed by atoms with Crippen LogP contribution in [0.4, 0.5) is 0 Å². The predicted molar refractivity (Wildman–Crippen MR) is 189 cm³/mol. The largest absolute Gasteiger partial charge is 0.247 e. The lowest BCUT2D eigenvalue weighted by molar-refractivity contribution is 1.18. The Morgan fingerprint density at radius 3 is 1.67 bits per heavy atom. The van der Waals surface area contributed by atoms with Gasteiger partial charge in [0.2, 0.25) is 0 Å². The fourth-order valence-corrected chi connectivity index (χ4v) is 7.62. The standard InChI is InChI=1S/C41H25N3S/c1-4-12-26(13-5-1)35-25-36(27-14-6-2-7-15-27)44-41(43-35)29-20-21-30-31-22-23-33-38(40(31)45-37(30)24-29)32-18-10-11-19-34(32)42-39(33)28-16-8-3-9-17-28/h1-25H. The average Bonchev–Trinajstić information content (AvgIpc) is 3.50. The monoisotopic (exact) mass is 591 g/mol. The van der Waals surface area contributed by atoms with Crippen molar-refractivity contribution < 1.29 is 0 Å². The van der Waals surface area contributed by atoms with Crippen molar-refractivity contribution in [3.63, 3.8) is 0 Å². The van der Waals surface area contributed by atoms with E-state index >= 15 is 0 Å². The van der Waals surface area contributed by atoms with Gasteiger partial charge in [0.05, 0.1) is 22.6 Å². The van der Waals surface area contributed by atoms with Gasteiger partial charge in [0.25, 0.3) is 0 Å². The molecule has 9 rings (SSSR count). The molecule has 3 heterocycles. The third kappa shape index (κ3) is 4.38. The summed E-state index contributed by atoms with van der Waals surface area (Å²) in [5.41, 5.74) is 8.12. The second-order valence-electron chi connectivity index (χ2n) is 11.2. The lowest BCUT2D eigenvalue weighted by atomic mass is 9.98. The highest BCUT2D eigenvalue weighted by atomic mass is 32.1. The molecule has 0 spiro atoms. The maximum atomic E-state index is 5.14. The van der Waals surface area contributed by atoms with Crippen LogP contribution in [0.25, 0.3) is 87.0 Å². The van der Waals surface area contributed by atoms with Crippen molar-refractivity contribution in [2.75, 3.05) is 0 Å². The smallest absolute Gasteiger partial charge is 0.160 e. The Hall–Kier alpha value is -5.71. The average molecular weight is 592 g/mol. The number of pyridine rings is 1. The molecule has 210 valence electrons. The summed E-state index contributed by atoms with van der Waals surface area (Å²) >= 11 is 1.84. The molecule has 0 saturated heterocycles. The third-order valence-electron chi connectivity index (χ3n) is 8.47. The molecule has 0 aliphatic rings. The number of rotatable bonds is 4. The zero-order valence-electron chi connectivity index (χ0n) is 24.2. The van der Waals surface area contributed by atoms with Gasteiger partial charge in [0.15, 0.2) is 5.82 Å². The highest BCUT2D eigenvalue weighted by molar-refractivity contribution is 7.26. The molecule has 0 atom stereocenters. The maximum absolute atomic E-state index is 5.14. The van der Waals surface area contributed by atoms with E-state index in [-0.39, 0.29) is 0 Å². The summed E-state index contributed by atoms with van der Waals surface area (Å²) < 4.78 is 2.49. The molecule has 0 amide bonds. The van der Waals surface area contributed by atoms with Gasteiger partial charge in [-0.3, -0.25) is 0 Å². The van der Waals surface area contributed by atoms with E-state index in [1.54, 1.807) is 0 Å². The first-order chi connectivity index (χ1) is 22.3. The first-order valence-corrected chi connectivity index (χ1v) is 15.9. The Morgan fingerprint density at radius 2 is 0.978 bits per heavy atom. The Labute approximate surface area is 264 Å². The molecule has 0 aliphatic heterocycles. The van der Waals surface area contributed by atoms with Crippen LogP contribution in [0.5, 0.6) is 0 Å². The van der Waals surface area contributed by atoms with Gasteiger partial charge < -0.3 is 0 Å². The first kappa shape index (κ1) is 25.8. The first-order valence-electron chi connectivity index (χ1n) is 15.0. The number of aromatic nitrogens is 3. The number of thiophene rings is 1. The molecule has 0 unspecified atom stereocenters. The predicted octanol–water partition coefficient (Wildman–Crippen LogP) is 11.2. The molecule has 0 radical (unpaired) electrons. The lowest BCUT2D eigenvalue weighted by Gasteiger charge is -2.11. The zero-order chi connectivity index (χ0) is 29.7. The number of hydrogen-bond donors (Lipinski definition) is 0. The van der Waals surface area contributed by atoms with E-state index in [1.807, 2.05) is 23.5 Å². The van der Waals surface area contributed by atoms with Crippen LogP contribution < -0.4 is 0 Å². The third-order valence-corrected chi connectivity index (χ3v) is 9.66. The van der Waals surface area contributed by atoms with Crippen LogP contribution >= 0.6 is 11.3 Å². The van der Waals surface area contributed by atoms with E-state index in [1.165, 1.54) is 36.3 Å². The van der Waals surface area contributed by atoms with Gasteiger partial charge in [0, 0.05) is 58.6 Å². The van der Waals surface area contributed by atoms with Gasteiger partial charge in [-0.1, -0.05) is 133 Å². The topological polar surface area (TPSA) is 38.7 Å². The van der Waals surface area contributed by atoms with Crippen molar-refractivity contribution in [2.24, 2.45) is 0 Å². The fraction of sp³-hybridized carbons (Fsp3) is 0. The zero-order valence-corrected chi connectivity index (χ0v) is 25.0. The molecule has 6 aromatic carbocycles. The van der Waals surface area contributed by atoms with Crippen LogP contribution in [0.3, 0.4) is 0 Å². The molecule has 9 aromatic rings. The van der Waals surface area contributed by atoms with Crippen LogP contribution in [0.2, 0.25) is 0 Å². The number of para-hydroxylation sites is 1. The summed E-state index contributed by atoms with van der Waals surface area (Å²) in [5.74, 6) is 0.723. The van der Waals surface area contributed by atoms with Crippen LogP contribution in [0.15, 0.2) is 152 Å². The van der Waals surface area contributed by atoms with Crippen LogP contribution in [-0.4, -0.2) is 15.0 Å². The summed E-state index contributed by atoms with van der Waals surface area (Å²) in [5, 5.41) is 6.11. The van der Waals surface area contributed by atoms with Gasteiger partial charge in [-0.15, -0.1) is 11.3 Å². The van der Waals surface area contributed by atoms with Crippen molar-refractivity contribution in [2.45, 2.75) is 0 Å². The minimum atomic E-state index is 0.723. The molecule has 0 saturated carbocycles. The van der Waals surface area contributed by atoms with E-state index < -0.39 is 0 Å². The minimum absolute atomic E-state index is 0.723. The molecule has 3 nitrogen and oxygen atoms in total. The summed E-state index contributed by atoms with van der Waals surface area (Å²) in [6.45, 7) is 0. The van der Waals surface area contributed by atoms with Crippen LogP contribution in [0, 0.1) is 0 Å². The Bertz CT molecular complexity index is 2460. The van der Waals surface area contributed by atoms with Crippen LogP contribution in [0.1, 0.15) is 0 Å². The molecule has 3 aromatic heterocycles. The summed E-state index contributed by atoms with van der Waals surface area (Å²) in [6.07, 6.45) is 0. The highest BCUT2D eigenvalue weighted by Gasteiger charge is 2.17. The summed E-state index contributed by atoms with van der Waals surface area (Å²) in [4.78, 5) is 15.3. The lowest BCUT2D eigenvalue weighted by Crippen LogP contribution is -1.95. The molecule has 0 aliphatic carbocycles. The quantitative estimate of drug-likeness (QED) is 0.191. The van der Waals surface area contributed by atoms with Gasteiger partial charge >= 0.3 is 0 Å². The fourth-order valence-electron chi connectivity index (χ4n) is 6.31. The summed E-state index contributed by atoms with van der Waals surface area (Å²) in [7, 11) is 0. The Kier molecular flexibility index (Phi) is 6.00. The normalized spacial score (nSPS) is 11.6. The molecule has 0 N–H and O–H groups in total.